The number of para-hydroxylation sites is 1. The van der Waals surface area contributed by atoms with Gasteiger partial charge in [-0.1, -0.05) is 30.3 Å². The minimum Gasteiger partial charge on any atom is -0.452 e. The number of anilines is 2. The topological polar surface area (TPSA) is 136 Å². The van der Waals surface area contributed by atoms with Crippen molar-refractivity contribution in [3.8, 4) is 0 Å². The van der Waals surface area contributed by atoms with E-state index in [1.165, 1.54) is 36.4 Å². The maximum atomic E-state index is 12.7. The molecule has 1 N–H and O–H groups in total. The summed E-state index contributed by atoms with van der Waals surface area (Å²) in [6.07, 6.45) is 0. The van der Waals surface area contributed by atoms with Gasteiger partial charge >= 0.3 is 5.97 Å². The third-order valence-electron chi connectivity index (χ3n) is 5.18. The molecule has 3 aromatic rings. The Morgan fingerprint density at radius 3 is 2.26 bits per heavy atom. The van der Waals surface area contributed by atoms with Crippen LogP contribution in [0.25, 0.3) is 0 Å². The van der Waals surface area contributed by atoms with E-state index in [1.54, 1.807) is 37.3 Å². The number of benzene rings is 3. The van der Waals surface area contributed by atoms with Gasteiger partial charge in [-0.3, -0.25) is 24.5 Å². The number of imide groups is 1. The molecule has 34 heavy (non-hydrogen) atoms. The van der Waals surface area contributed by atoms with Crippen molar-refractivity contribution < 1.29 is 28.8 Å². The first-order valence-electron chi connectivity index (χ1n) is 10.1. The van der Waals surface area contributed by atoms with E-state index in [0.717, 1.165) is 4.90 Å². The second-order valence-electron chi connectivity index (χ2n) is 7.39. The highest BCUT2D eigenvalue weighted by molar-refractivity contribution is 6.34. The number of fused-ring (bicyclic) bond motifs is 1. The van der Waals surface area contributed by atoms with Gasteiger partial charge in [-0.15, -0.1) is 0 Å². The molecule has 0 radical (unpaired) electrons. The summed E-state index contributed by atoms with van der Waals surface area (Å²) < 4.78 is 5.03. The van der Waals surface area contributed by atoms with Crippen LogP contribution in [0.5, 0.6) is 0 Å². The molecule has 1 aliphatic heterocycles. The van der Waals surface area contributed by atoms with Crippen molar-refractivity contribution in [1.29, 1.82) is 0 Å². The maximum Gasteiger partial charge on any atom is 0.338 e. The van der Waals surface area contributed by atoms with Crippen molar-refractivity contribution in [2.75, 3.05) is 16.8 Å². The Morgan fingerprint density at radius 2 is 1.62 bits per heavy atom. The van der Waals surface area contributed by atoms with Crippen molar-refractivity contribution in [1.82, 2.24) is 0 Å². The number of hydrogen-bond donors (Lipinski definition) is 1. The molecule has 10 heteroatoms. The molecule has 0 aliphatic carbocycles. The second-order valence-corrected chi connectivity index (χ2v) is 7.39. The van der Waals surface area contributed by atoms with Crippen LogP contribution in [0.3, 0.4) is 0 Å². The van der Waals surface area contributed by atoms with Crippen LogP contribution >= 0.6 is 0 Å². The monoisotopic (exact) mass is 459 g/mol. The fraction of sp³-hybridized carbons (Fsp3) is 0.0833. The predicted molar refractivity (Wildman–Crippen MR) is 121 cm³/mol. The molecule has 0 saturated heterocycles. The normalized spacial score (nSPS) is 12.3. The molecule has 0 atom stereocenters. The third-order valence-corrected chi connectivity index (χ3v) is 5.18. The standard InChI is InChI=1S/C24H17N3O7/c1-14-6-4-11-19(27(32)33)21(14)25-20(28)13-34-24(31)15-7-5-8-16(12-15)26-22(29)17-9-2-3-10-18(17)23(26)30/h2-12H,13H2,1H3,(H,25,28). The number of rotatable bonds is 6. The summed E-state index contributed by atoms with van der Waals surface area (Å²) in [6.45, 7) is 0.904. The van der Waals surface area contributed by atoms with Crippen LogP contribution in [0.1, 0.15) is 36.6 Å². The minimum absolute atomic E-state index is 0.0150. The van der Waals surface area contributed by atoms with Gasteiger partial charge in [0.2, 0.25) is 0 Å². The van der Waals surface area contributed by atoms with Crippen molar-refractivity contribution in [3.63, 3.8) is 0 Å². The zero-order valence-electron chi connectivity index (χ0n) is 17.8. The summed E-state index contributed by atoms with van der Waals surface area (Å²) in [5, 5.41) is 13.6. The molecule has 1 aliphatic rings. The van der Waals surface area contributed by atoms with E-state index in [2.05, 4.69) is 5.32 Å². The molecule has 3 aromatic carbocycles. The summed E-state index contributed by atoms with van der Waals surface area (Å²) in [5.74, 6) is -2.65. The van der Waals surface area contributed by atoms with E-state index in [9.17, 15) is 29.3 Å². The van der Waals surface area contributed by atoms with E-state index in [4.69, 9.17) is 4.74 Å². The van der Waals surface area contributed by atoms with Crippen molar-refractivity contribution in [3.05, 3.63) is 99.1 Å². The first-order chi connectivity index (χ1) is 16.3. The highest BCUT2D eigenvalue weighted by Gasteiger charge is 2.36. The smallest absolute Gasteiger partial charge is 0.338 e. The van der Waals surface area contributed by atoms with Crippen LogP contribution in [-0.2, 0) is 9.53 Å². The molecule has 4 rings (SSSR count). The van der Waals surface area contributed by atoms with Gasteiger partial charge in [0.1, 0.15) is 5.69 Å². The number of carbonyl (C=O) groups excluding carboxylic acids is 4. The number of hydrogen-bond acceptors (Lipinski definition) is 7. The molecule has 0 bridgehead atoms. The van der Waals surface area contributed by atoms with Gasteiger partial charge < -0.3 is 10.1 Å². The zero-order chi connectivity index (χ0) is 24.4. The highest BCUT2D eigenvalue weighted by Crippen LogP contribution is 2.29. The lowest BCUT2D eigenvalue weighted by Gasteiger charge is -2.15. The molecular weight excluding hydrogens is 442 g/mol. The Bertz CT molecular complexity index is 1330. The molecule has 0 aromatic heterocycles. The number of esters is 1. The molecular formula is C24H17N3O7. The average molecular weight is 459 g/mol. The van der Waals surface area contributed by atoms with Crippen LogP contribution in [-0.4, -0.2) is 35.2 Å². The Kier molecular flexibility index (Phi) is 5.88. The lowest BCUT2D eigenvalue weighted by molar-refractivity contribution is -0.384. The number of carbonyl (C=O) groups is 4. The van der Waals surface area contributed by atoms with E-state index in [0.29, 0.717) is 5.56 Å². The van der Waals surface area contributed by atoms with Crippen LogP contribution < -0.4 is 10.2 Å². The summed E-state index contributed by atoms with van der Waals surface area (Å²) in [5.41, 5.74) is 0.936. The number of nitro groups is 1. The molecule has 10 nitrogen and oxygen atoms in total. The molecule has 1 heterocycles. The van der Waals surface area contributed by atoms with E-state index in [-0.39, 0.29) is 33.8 Å². The van der Waals surface area contributed by atoms with Crippen molar-refractivity contribution >= 4 is 40.8 Å². The second kappa shape index (κ2) is 8.94. The first kappa shape index (κ1) is 22.3. The molecule has 3 amide bonds. The quantitative estimate of drug-likeness (QED) is 0.258. The van der Waals surface area contributed by atoms with E-state index in [1.807, 2.05) is 0 Å². The number of ether oxygens (including phenoxy) is 1. The molecule has 170 valence electrons. The van der Waals surface area contributed by atoms with Crippen LogP contribution in [0.4, 0.5) is 17.1 Å². The largest absolute Gasteiger partial charge is 0.452 e. The number of nitro benzene ring substituents is 1. The third kappa shape index (κ3) is 4.11. The van der Waals surface area contributed by atoms with Gasteiger partial charge in [0.05, 0.1) is 27.3 Å². The number of nitrogens with zero attached hydrogens (tertiary/aromatic N) is 2. The Labute approximate surface area is 192 Å². The lowest BCUT2D eigenvalue weighted by Crippen LogP contribution is -2.29. The molecule has 0 fully saturated rings. The molecule has 0 spiro atoms. The number of nitrogens with one attached hydrogen (secondary N) is 1. The Morgan fingerprint density at radius 1 is 0.971 bits per heavy atom. The van der Waals surface area contributed by atoms with Gasteiger partial charge in [-0.2, -0.15) is 0 Å². The van der Waals surface area contributed by atoms with Gasteiger partial charge in [0.15, 0.2) is 6.61 Å². The lowest BCUT2D eigenvalue weighted by atomic mass is 10.1. The summed E-state index contributed by atoms with van der Waals surface area (Å²) >= 11 is 0. The fourth-order valence-corrected chi connectivity index (χ4v) is 3.55. The van der Waals surface area contributed by atoms with Crippen LogP contribution in [0.15, 0.2) is 66.7 Å². The zero-order valence-corrected chi connectivity index (χ0v) is 17.8. The SMILES string of the molecule is Cc1cccc([N+](=O)[O-])c1NC(=O)COC(=O)c1cccc(N2C(=O)c3ccccc3C2=O)c1. The van der Waals surface area contributed by atoms with Crippen molar-refractivity contribution in [2.45, 2.75) is 6.92 Å². The highest BCUT2D eigenvalue weighted by atomic mass is 16.6. The number of amides is 3. The van der Waals surface area contributed by atoms with Gasteiger partial charge in [0, 0.05) is 6.07 Å². The first-order valence-corrected chi connectivity index (χ1v) is 10.1. The van der Waals surface area contributed by atoms with E-state index < -0.39 is 35.2 Å². The fourth-order valence-electron chi connectivity index (χ4n) is 3.55. The van der Waals surface area contributed by atoms with E-state index >= 15 is 0 Å². The summed E-state index contributed by atoms with van der Waals surface area (Å²) in [4.78, 5) is 61.6. The average Bonchev–Trinajstić information content (AvgIpc) is 3.08. The summed E-state index contributed by atoms with van der Waals surface area (Å²) in [6, 6.07) is 16.4. The maximum absolute atomic E-state index is 12.7. The minimum atomic E-state index is -0.868. The van der Waals surface area contributed by atoms with Gasteiger partial charge in [-0.25, -0.2) is 9.69 Å². The summed E-state index contributed by atoms with van der Waals surface area (Å²) in [7, 11) is 0. The van der Waals surface area contributed by atoms with Crippen molar-refractivity contribution in [2.24, 2.45) is 0 Å². The number of aryl methyl sites for hydroxylation is 1. The van der Waals surface area contributed by atoms with Gasteiger partial charge in [0.25, 0.3) is 23.4 Å². The van der Waals surface area contributed by atoms with Crippen LogP contribution in [0.2, 0.25) is 0 Å². The molecule has 0 saturated carbocycles. The Hall–Kier alpha value is -4.86. The Balaban J connectivity index is 1.45. The predicted octanol–water partition coefficient (Wildman–Crippen LogP) is 3.50. The van der Waals surface area contributed by atoms with Crippen LogP contribution in [0, 0.1) is 17.0 Å². The molecule has 0 unspecified atom stereocenters. The van der Waals surface area contributed by atoms with Gasteiger partial charge in [-0.05, 0) is 42.8 Å².